The van der Waals surface area contributed by atoms with E-state index in [0.29, 0.717) is 29.6 Å². The Kier molecular flexibility index (Phi) is 28.1. The Hall–Kier alpha value is -10.8. The largest absolute Gasteiger partial charge is 0.213 e. The van der Waals surface area contributed by atoms with Crippen LogP contribution in [0.2, 0.25) is 0 Å². The molecule has 0 bridgehead atoms. The molecule has 5 heterocycles. The summed E-state index contributed by atoms with van der Waals surface area (Å²) in [6, 6.07) is 87.2. The fraction of sp³-hybridized carbons (Fsp3) is 0.324. The Morgan fingerprint density at radius 2 is 0.466 bits per heavy atom. The van der Waals surface area contributed by atoms with Gasteiger partial charge >= 0.3 is 0 Å². The lowest BCUT2D eigenvalue weighted by Gasteiger charge is -2.14. The number of nitrogens with zero attached hydrogens (tertiary/aromatic N) is 5. The standard InChI is InChI=1S/2C23H28N.2C22H26N.C21H24N/c1-15(2)12-19-8-7-9-22-20(19)10-11-23(24(22)6)21-14-16(3)13-17(4)18(21)5;1-15(2)11-19-14-23(21-13-16(3)12-17(4)18(21)5)24(6)22-10-8-7-9-20(19)22;1-15(2)13-18-7-6-8-21-19(18)11-12-22(23(21)5)20-14-16(3)9-10-17(20)4;1-15(2)12-18-14-22(20-13-16(3)10-11-17(20)4)23(5)21-9-7-6-8-19(18)21;1-15(2)14-17-9-7-11-20-19(17)12-13-21(22(20)4)18-10-6-5-8-16(18)3/h7-11,13-15H,12H2,1-6H3;7-10,12-15H,11H2,1-6H3;6-12,14-15H,13H2,1-5H3;6-11,13-15H,12H2,1-5H3;5-13,15H,14H2,1-4H3/q5*+1. The molecule has 0 spiro atoms. The van der Waals surface area contributed by atoms with Gasteiger partial charge in [-0.2, -0.15) is 22.8 Å². The second-order valence-corrected chi connectivity index (χ2v) is 35.6. The molecule has 0 fully saturated rings. The second-order valence-electron chi connectivity index (χ2n) is 35.6. The van der Waals surface area contributed by atoms with Crippen molar-refractivity contribution in [2.75, 3.05) is 0 Å². The first-order chi connectivity index (χ1) is 55.3. The Morgan fingerprint density at radius 3 is 0.836 bits per heavy atom. The number of para-hydroxylation sites is 2. The maximum absolute atomic E-state index is 2.41. The van der Waals surface area contributed by atoms with Gasteiger partial charge < -0.3 is 0 Å². The van der Waals surface area contributed by atoms with Gasteiger partial charge in [-0.3, -0.25) is 0 Å². The lowest BCUT2D eigenvalue weighted by atomic mass is 9.93. The van der Waals surface area contributed by atoms with Crippen LogP contribution in [0, 0.1) is 106 Å². The van der Waals surface area contributed by atoms with Crippen molar-refractivity contribution in [2.45, 2.75) is 178 Å². The van der Waals surface area contributed by atoms with E-state index in [0.717, 1.165) is 32.1 Å². The minimum absolute atomic E-state index is 0.648. The van der Waals surface area contributed by atoms with Gasteiger partial charge in [-0.15, -0.1) is 0 Å². The first-order valence-corrected chi connectivity index (χ1v) is 42.7. The third kappa shape index (κ3) is 19.8. The Labute approximate surface area is 697 Å². The van der Waals surface area contributed by atoms with Crippen molar-refractivity contribution < 1.29 is 22.8 Å². The Balaban J connectivity index is 0.000000143. The Morgan fingerprint density at radius 1 is 0.198 bits per heavy atom. The monoisotopic (exact) mass is 1540 g/mol. The molecule has 0 saturated heterocycles. The van der Waals surface area contributed by atoms with E-state index in [1.807, 2.05) is 0 Å². The van der Waals surface area contributed by atoms with E-state index >= 15 is 0 Å². The molecule has 0 unspecified atom stereocenters. The molecule has 0 amide bonds. The average molecular weight is 1540 g/mol. The summed E-state index contributed by atoms with van der Waals surface area (Å²) >= 11 is 0. The molecule has 15 rings (SSSR count). The van der Waals surface area contributed by atoms with Crippen molar-refractivity contribution in [1.29, 1.82) is 0 Å². The summed E-state index contributed by atoms with van der Waals surface area (Å²) in [4.78, 5) is 0. The highest BCUT2D eigenvalue weighted by Crippen LogP contribution is 2.35. The molecule has 0 aliphatic carbocycles. The van der Waals surface area contributed by atoms with Crippen molar-refractivity contribution in [1.82, 2.24) is 0 Å². The number of aryl methyl sites for hydroxylation is 14. The molecular formula is C111H132N5+5. The van der Waals surface area contributed by atoms with Crippen LogP contribution in [-0.4, -0.2) is 0 Å². The molecule has 0 atom stereocenters. The molecule has 596 valence electrons. The van der Waals surface area contributed by atoms with Gasteiger partial charge in [0.2, 0.25) is 56.1 Å². The highest BCUT2D eigenvalue weighted by molar-refractivity contribution is 5.86. The van der Waals surface area contributed by atoms with Crippen LogP contribution in [0.1, 0.15) is 158 Å². The van der Waals surface area contributed by atoms with Crippen LogP contribution in [0.15, 0.2) is 237 Å². The number of hydrogen-bond donors (Lipinski definition) is 0. The van der Waals surface area contributed by atoms with Crippen LogP contribution in [0.25, 0.3) is 111 Å². The van der Waals surface area contributed by atoms with Crippen molar-refractivity contribution in [3.8, 4) is 56.3 Å². The van der Waals surface area contributed by atoms with Gasteiger partial charge in [0.05, 0.1) is 0 Å². The van der Waals surface area contributed by atoms with Crippen molar-refractivity contribution >= 4 is 54.5 Å². The summed E-state index contributed by atoms with van der Waals surface area (Å²) in [6.07, 6.45) is 5.60. The van der Waals surface area contributed by atoms with Crippen LogP contribution in [0.4, 0.5) is 0 Å². The fourth-order valence-electron chi connectivity index (χ4n) is 17.4. The van der Waals surface area contributed by atoms with Gasteiger partial charge in [0.15, 0.2) is 0 Å². The topological polar surface area (TPSA) is 19.4 Å². The van der Waals surface area contributed by atoms with Crippen molar-refractivity contribution in [3.63, 3.8) is 0 Å². The third-order valence-corrected chi connectivity index (χ3v) is 23.6. The number of rotatable bonds is 15. The van der Waals surface area contributed by atoms with E-state index in [-0.39, 0.29) is 0 Å². The number of fused-ring (bicyclic) bond motifs is 5. The van der Waals surface area contributed by atoms with Crippen LogP contribution >= 0.6 is 0 Å². The van der Waals surface area contributed by atoms with Gasteiger partial charge in [0, 0.05) is 115 Å². The third-order valence-electron chi connectivity index (χ3n) is 23.6. The van der Waals surface area contributed by atoms with Crippen molar-refractivity contribution in [3.05, 3.63) is 326 Å². The lowest BCUT2D eigenvalue weighted by Crippen LogP contribution is -2.33. The number of aromatic nitrogens is 5. The molecule has 0 radical (unpaired) electrons. The summed E-state index contributed by atoms with van der Waals surface area (Å²) in [7, 11) is 10.9. The average Bonchev–Trinajstić information content (AvgIpc) is 0.786. The molecule has 0 aliphatic heterocycles. The molecule has 10 aromatic carbocycles. The molecule has 15 aromatic rings. The first kappa shape index (κ1) is 86.1. The normalized spacial score (nSPS) is 11.4. The summed E-state index contributed by atoms with van der Waals surface area (Å²) < 4.78 is 11.7. The SMILES string of the molecule is Cc1cc(C)c(C)c(-c2cc(CC(C)C)c3ccccc3[n+]2C)c1.Cc1cc(C)c(C)c(-c2ccc3c(CC(C)C)cccc3[n+]2C)c1.Cc1ccc(C)c(-c2cc(CC(C)C)c3ccccc3[n+]2C)c1.Cc1ccc(C)c(-c2ccc3c(CC(C)C)cccc3[n+]2C)c1.Cc1ccccc1-c1ccc2c(CC(C)C)cccc2[n+]1C. The van der Waals surface area contributed by atoms with Crippen molar-refractivity contribution in [2.24, 2.45) is 64.8 Å². The summed E-state index contributed by atoms with van der Waals surface area (Å²) in [5.74, 6) is 3.31. The van der Waals surface area contributed by atoms with Crippen LogP contribution in [-0.2, 0) is 67.3 Å². The minimum Gasteiger partial charge on any atom is -0.194 e. The summed E-state index contributed by atoms with van der Waals surface area (Å²) in [6.45, 7) is 47.0. The molecule has 0 N–H and O–H groups in total. The minimum atomic E-state index is 0.648. The zero-order valence-electron chi connectivity index (χ0n) is 75.2. The van der Waals surface area contributed by atoms with E-state index in [4.69, 9.17) is 0 Å². The maximum atomic E-state index is 2.41. The molecule has 0 aliphatic rings. The quantitative estimate of drug-likeness (QED) is 0.0912. The zero-order chi connectivity index (χ0) is 83.7. The molecule has 116 heavy (non-hydrogen) atoms. The molecule has 5 heteroatoms. The van der Waals surface area contributed by atoms with Gasteiger partial charge in [-0.25, -0.2) is 0 Å². The van der Waals surface area contributed by atoms with E-state index in [1.165, 1.54) is 200 Å². The smallest absolute Gasteiger partial charge is 0.194 e. The number of hydrogen-bond acceptors (Lipinski definition) is 0. The summed E-state index contributed by atoms with van der Waals surface area (Å²) in [5.41, 5.74) is 41.6. The van der Waals surface area contributed by atoms with E-state index in [1.54, 1.807) is 0 Å². The number of benzene rings is 10. The van der Waals surface area contributed by atoms with Gasteiger partial charge in [0.1, 0.15) is 35.2 Å². The van der Waals surface area contributed by atoms with Crippen LogP contribution < -0.4 is 22.8 Å². The lowest BCUT2D eigenvalue weighted by molar-refractivity contribution is -0.633. The molecule has 0 saturated carbocycles. The molecule has 5 nitrogen and oxygen atoms in total. The maximum Gasteiger partial charge on any atom is 0.213 e. The predicted molar refractivity (Wildman–Crippen MR) is 498 cm³/mol. The molecular weight excluding hydrogens is 1400 g/mol. The predicted octanol–water partition coefficient (Wildman–Crippen LogP) is 26.0. The van der Waals surface area contributed by atoms with E-state index in [2.05, 4.69) is 440 Å². The highest BCUT2D eigenvalue weighted by atomic mass is 15.0. The highest BCUT2D eigenvalue weighted by Gasteiger charge is 2.26. The molecule has 5 aromatic heterocycles. The van der Waals surface area contributed by atoms with Crippen LogP contribution in [0.5, 0.6) is 0 Å². The fourth-order valence-corrected chi connectivity index (χ4v) is 17.4. The van der Waals surface area contributed by atoms with E-state index in [9.17, 15) is 0 Å². The van der Waals surface area contributed by atoms with E-state index < -0.39 is 0 Å². The summed E-state index contributed by atoms with van der Waals surface area (Å²) in [5, 5.41) is 6.87. The van der Waals surface area contributed by atoms with Gasteiger partial charge in [-0.1, -0.05) is 207 Å². The Bertz CT molecular complexity index is 6020. The number of pyridine rings is 5. The second kappa shape index (κ2) is 37.9. The van der Waals surface area contributed by atoms with Crippen LogP contribution in [0.3, 0.4) is 0 Å². The first-order valence-electron chi connectivity index (χ1n) is 42.7. The zero-order valence-corrected chi connectivity index (χ0v) is 75.2. The van der Waals surface area contributed by atoms with Gasteiger partial charge in [0.25, 0.3) is 0 Å². The van der Waals surface area contributed by atoms with Gasteiger partial charge in [-0.05, 0) is 265 Å².